The fourth-order valence-electron chi connectivity index (χ4n) is 3.99. The van der Waals surface area contributed by atoms with Gasteiger partial charge in [0.15, 0.2) is 0 Å². The van der Waals surface area contributed by atoms with Crippen LogP contribution in [0.4, 0.5) is 4.79 Å². The van der Waals surface area contributed by atoms with Crippen molar-refractivity contribution in [2.45, 2.75) is 12.8 Å². The van der Waals surface area contributed by atoms with Crippen LogP contribution in [0, 0.1) is 5.41 Å². The maximum Gasteiger partial charge on any atom is 0.407 e. The molecule has 1 aliphatic rings. The van der Waals surface area contributed by atoms with Gasteiger partial charge in [-0.05, 0) is 42.7 Å². The van der Waals surface area contributed by atoms with Crippen molar-refractivity contribution in [3.05, 3.63) is 78.4 Å². The maximum absolute atomic E-state index is 13.8. The zero-order valence-electron chi connectivity index (χ0n) is 17.5. The molecular formula is C24H26N2O5. The SMILES string of the molecule is C=CC[C@]1(Cc2ccccc2)CN(C(=O)O)CCN(C(=O)c2ccc(OC)cc2)C1=O. The van der Waals surface area contributed by atoms with Crippen molar-refractivity contribution in [2.75, 3.05) is 26.7 Å². The molecule has 7 nitrogen and oxygen atoms in total. The van der Waals surface area contributed by atoms with Gasteiger partial charge in [0.2, 0.25) is 5.91 Å². The number of amides is 3. The number of carboxylic acid groups (broad SMARTS) is 1. The summed E-state index contributed by atoms with van der Waals surface area (Å²) in [7, 11) is 1.53. The second-order valence-electron chi connectivity index (χ2n) is 7.63. The topological polar surface area (TPSA) is 87.2 Å². The number of methoxy groups -OCH3 is 1. The zero-order valence-corrected chi connectivity index (χ0v) is 17.5. The minimum absolute atomic E-state index is 0.00548. The molecule has 2 aromatic rings. The van der Waals surface area contributed by atoms with E-state index in [4.69, 9.17) is 4.74 Å². The lowest BCUT2D eigenvalue weighted by Gasteiger charge is -2.35. The molecule has 0 unspecified atom stereocenters. The Morgan fingerprint density at radius 3 is 2.39 bits per heavy atom. The van der Waals surface area contributed by atoms with Crippen LogP contribution in [0.15, 0.2) is 67.3 Å². The summed E-state index contributed by atoms with van der Waals surface area (Å²) < 4.78 is 5.13. The molecule has 2 aromatic carbocycles. The highest BCUT2D eigenvalue weighted by Crippen LogP contribution is 2.34. The molecule has 1 heterocycles. The number of carbonyl (C=O) groups is 3. The largest absolute Gasteiger partial charge is 0.497 e. The highest BCUT2D eigenvalue weighted by molar-refractivity contribution is 6.06. The van der Waals surface area contributed by atoms with Crippen LogP contribution in [0.1, 0.15) is 22.3 Å². The van der Waals surface area contributed by atoms with Gasteiger partial charge < -0.3 is 14.7 Å². The number of ether oxygens (including phenoxy) is 1. The third-order valence-electron chi connectivity index (χ3n) is 5.56. The minimum Gasteiger partial charge on any atom is -0.497 e. The van der Waals surface area contributed by atoms with Crippen LogP contribution in [-0.4, -0.2) is 59.6 Å². The number of imide groups is 1. The first-order chi connectivity index (χ1) is 14.9. The van der Waals surface area contributed by atoms with Gasteiger partial charge in [-0.25, -0.2) is 4.79 Å². The van der Waals surface area contributed by atoms with E-state index in [0.29, 0.717) is 17.7 Å². The molecule has 0 saturated carbocycles. The fraction of sp³-hybridized carbons (Fsp3) is 0.292. The van der Waals surface area contributed by atoms with E-state index in [1.54, 1.807) is 30.3 Å². The van der Waals surface area contributed by atoms with E-state index in [0.717, 1.165) is 5.56 Å². The van der Waals surface area contributed by atoms with Crippen LogP contribution < -0.4 is 4.74 Å². The molecular weight excluding hydrogens is 396 g/mol. The van der Waals surface area contributed by atoms with Gasteiger partial charge in [0.05, 0.1) is 12.5 Å². The summed E-state index contributed by atoms with van der Waals surface area (Å²) in [5, 5.41) is 9.69. The average molecular weight is 422 g/mol. The van der Waals surface area contributed by atoms with E-state index in [1.165, 1.54) is 16.9 Å². The molecule has 7 heteroatoms. The highest BCUT2D eigenvalue weighted by Gasteiger charge is 2.46. The molecule has 0 radical (unpaired) electrons. The predicted octanol–water partition coefficient (Wildman–Crippen LogP) is 3.46. The molecule has 1 aliphatic heterocycles. The number of carbonyl (C=O) groups excluding carboxylic acids is 2. The Labute approximate surface area is 181 Å². The summed E-state index contributed by atoms with van der Waals surface area (Å²) in [6.07, 6.45) is 1.04. The molecule has 0 spiro atoms. The van der Waals surface area contributed by atoms with Crippen molar-refractivity contribution in [3.8, 4) is 5.75 Å². The van der Waals surface area contributed by atoms with Gasteiger partial charge in [-0.2, -0.15) is 0 Å². The Morgan fingerprint density at radius 1 is 1.13 bits per heavy atom. The van der Waals surface area contributed by atoms with Crippen molar-refractivity contribution in [1.82, 2.24) is 9.80 Å². The van der Waals surface area contributed by atoms with E-state index in [9.17, 15) is 19.5 Å². The van der Waals surface area contributed by atoms with Crippen molar-refractivity contribution >= 4 is 17.9 Å². The Hall–Kier alpha value is -3.61. The quantitative estimate of drug-likeness (QED) is 0.569. The molecule has 0 bridgehead atoms. The lowest BCUT2D eigenvalue weighted by Crippen LogP contribution is -2.49. The van der Waals surface area contributed by atoms with Crippen molar-refractivity contribution in [1.29, 1.82) is 0 Å². The van der Waals surface area contributed by atoms with Gasteiger partial charge in [0, 0.05) is 25.2 Å². The number of allylic oxidation sites excluding steroid dienone is 1. The Balaban J connectivity index is 2.01. The Morgan fingerprint density at radius 2 is 1.81 bits per heavy atom. The molecule has 0 aromatic heterocycles. The van der Waals surface area contributed by atoms with Crippen molar-refractivity contribution < 1.29 is 24.2 Å². The van der Waals surface area contributed by atoms with Crippen molar-refractivity contribution in [3.63, 3.8) is 0 Å². The first-order valence-electron chi connectivity index (χ1n) is 10.0. The zero-order chi connectivity index (χ0) is 22.4. The molecule has 3 amide bonds. The van der Waals surface area contributed by atoms with Crippen LogP contribution in [0.5, 0.6) is 5.75 Å². The first kappa shape index (κ1) is 22.1. The van der Waals surface area contributed by atoms with E-state index in [1.807, 2.05) is 30.3 Å². The maximum atomic E-state index is 13.8. The van der Waals surface area contributed by atoms with Crippen LogP contribution in [0.3, 0.4) is 0 Å². The summed E-state index contributed by atoms with van der Waals surface area (Å²) >= 11 is 0. The summed E-state index contributed by atoms with van der Waals surface area (Å²) in [6.45, 7) is 3.82. The number of benzene rings is 2. The van der Waals surface area contributed by atoms with Crippen LogP contribution >= 0.6 is 0 Å². The monoisotopic (exact) mass is 422 g/mol. The standard InChI is InChI=1S/C24H26N2O5/c1-3-13-24(16-18-7-5-4-6-8-18)17-25(23(29)30)14-15-26(22(24)28)21(27)19-9-11-20(31-2)12-10-19/h3-12H,1,13-17H2,2H3,(H,29,30)/t24-/m0/s1. The number of hydrogen-bond donors (Lipinski definition) is 1. The lowest BCUT2D eigenvalue weighted by molar-refractivity contribution is -0.138. The smallest absolute Gasteiger partial charge is 0.407 e. The third kappa shape index (κ3) is 4.77. The number of hydrogen-bond acceptors (Lipinski definition) is 4. The normalized spacial score (nSPS) is 18.9. The van der Waals surface area contributed by atoms with E-state index in [2.05, 4.69) is 6.58 Å². The van der Waals surface area contributed by atoms with Gasteiger partial charge in [-0.1, -0.05) is 36.4 Å². The molecule has 3 rings (SSSR count). The molecule has 1 fully saturated rings. The van der Waals surface area contributed by atoms with Crippen LogP contribution in [0.25, 0.3) is 0 Å². The van der Waals surface area contributed by atoms with Gasteiger partial charge in [-0.15, -0.1) is 6.58 Å². The molecule has 1 atom stereocenters. The summed E-state index contributed by atoms with van der Waals surface area (Å²) in [5.74, 6) is -0.247. The first-order valence-corrected chi connectivity index (χ1v) is 10.0. The van der Waals surface area contributed by atoms with Crippen LogP contribution in [0.2, 0.25) is 0 Å². The molecule has 1 saturated heterocycles. The van der Waals surface area contributed by atoms with Gasteiger partial charge in [0.1, 0.15) is 5.75 Å². The molecule has 1 N–H and O–H groups in total. The number of nitrogens with zero attached hydrogens (tertiary/aromatic N) is 2. The molecule has 31 heavy (non-hydrogen) atoms. The van der Waals surface area contributed by atoms with Crippen molar-refractivity contribution in [2.24, 2.45) is 5.41 Å². The van der Waals surface area contributed by atoms with E-state index < -0.39 is 17.4 Å². The lowest BCUT2D eigenvalue weighted by atomic mass is 9.77. The number of rotatable bonds is 6. The van der Waals surface area contributed by atoms with Gasteiger partial charge in [0.25, 0.3) is 5.91 Å². The van der Waals surface area contributed by atoms with E-state index >= 15 is 0 Å². The summed E-state index contributed by atoms with van der Waals surface area (Å²) in [4.78, 5) is 41.3. The molecule has 162 valence electrons. The molecule has 0 aliphatic carbocycles. The van der Waals surface area contributed by atoms with E-state index in [-0.39, 0.29) is 32.0 Å². The fourth-order valence-corrected chi connectivity index (χ4v) is 3.99. The van der Waals surface area contributed by atoms with Gasteiger partial charge >= 0.3 is 6.09 Å². The second kappa shape index (κ2) is 9.47. The average Bonchev–Trinajstić information content (AvgIpc) is 2.92. The minimum atomic E-state index is -1.12. The highest BCUT2D eigenvalue weighted by atomic mass is 16.5. The second-order valence-corrected chi connectivity index (χ2v) is 7.63. The summed E-state index contributed by atoms with van der Waals surface area (Å²) in [5.41, 5.74) is 0.104. The third-order valence-corrected chi connectivity index (χ3v) is 5.56. The Bertz CT molecular complexity index is 958. The van der Waals surface area contributed by atoms with Crippen LogP contribution in [-0.2, 0) is 11.2 Å². The van der Waals surface area contributed by atoms with Gasteiger partial charge in [-0.3, -0.25) is 14.5 Å². The predicted molar refractivity (Wildman–Crippen MR) is 116 cm³/mol. The Kier molecular flexibility index (Phi) is 6.74. The summed E-state index contributed by atoms with van der Waals surface area (Å²) in [6, 6.07) is 15.9.